The van der Waals surface area contributed by atoms with Crippen LogP contribution in [0.3, 0.4) is 0 Å². The van der Waals surface area contributed by atoms with Gasteiger partial charge in [0.05, 0.1) is 30.1 Å². The number of benzene rings is 1. The third-order valence-corrected chi connectivity index (χ3v) is 8.32. The molecule has 9 heteroatoms. The zero-order valence-electron chi connectivity index (χ0n) is 21.5. The lowest BCUT2D eigenvalue weighted by Crippen LogP contribution is -2.58. The highest BCUT2D eigenvalue weighted by Crippen LogP contribution is 2.63. The van der Waals surface area contributed by atoms with Crippen LogP contribution >= 0.6 is 0 Å². The summed E-state index contributed by atoms with van der Waals surface area (Å²) in [5.41, 5.74) is -0.590. The third kappa shape index (κ3) is 3.71. The predicted octanol–water partition coefficient (Wildman–Crippen LogP) is 2.28. The van der Waals surface area contributed by atoms with Gasteiger partial charge >= 0.3 is 5.97 Å². The molecule has 6 atom stereocenters. The van der Waals surface area contributed by atoms with E-state index in [0.29, 0.717) is 18.5 Å². The summed E-state index contributed by atoms with van der Waals surface area (Å²) < 4.78 is 6.41. The van der Waals surface area contributed by atoms with Gasteiger partial charge in [0.15, 0.2) is 0 Å². The lowest BCUT2D eigenvalue weighted by molar-refractivity contribution is -0.155. The molecule has 3 fully saturated rings. The monoisotopic (exact) mass is 499 g/mol. The number of carbonyl (C=O) groups is 3. The summed E-state index contributed by atoms with van der Waals surface area (Å²) in [6, 6.07) is 5.93. The Morgan fingerprint density at radius 2 is 1.83 bits per heavy atom. The number of nitrogens with zero attached hydrogens (tertiary/aromatic N) is 3. The van der Waals surface area contributed by atoms with E-state index in [4.69, 9.17) is 4.74 Å². The molecule has 4 rings (SSSR count). The van der Waals surface area contributed by atoms with Gasteiger partial charge in [0.25, 0.3) is 5.91 Å². The van der Waals surface area contributed by atoms with Crippen LogP contribution < -0.4 is 9.80 Å². The number of carboxylic acids is 1. The Kier molecular flexibility index (Phi) is 6.92. The average molecular weight is 500 g/mol. The molecule has 1 aromatic carbocycles. The van der Waals surface area contributed by atoms with Crippen LogP contribution in [0.4, 0.5) is 11.4 Å². The van der Waals surface area contributed by atoms with Gasteiger partial charge in [-0.25, -0.2) is 0 Å². The van der Waals surface area contributed by atoms with Gasteiger partial charge in [-0.3, -0.25) is 14.4 Å². The normalized spacial score (nSPS) is 31.3. The van der Waals surface area contributed by atoms with Crippen molar-refractivity contribution in [1.29, 1.82) is 0 Å². The van der Waals surface area contributed by atoms with Crippen LogP contribution in [-0.2, 0) is 19.1 Å². The number of aliphatic carboxylic acids is 1. The second-order valence-corrected chi connectivity index (χ2v) is 10.3. The van der Waals surface area contributed by atoms with Crippen LogP contribution in [0.25, 0.3) is 0 Å². The molecule has 36 heavy (non-hydrogen) atoms. The molecular weight excluding hydrogens is 462 g/mol. The van der Waals surface area contributed by atoms with Gasteiger partial charge in [-0.2, -0.15) is 0 Å². The maximum Gasteiger partial charge on any atom is 0.310 e. The number of fused-ring (bicyclic) bond motifs is 1. The lowest BCUT2D eigenvalue weighted by atomic mass is 9.66. The molecule has 1 aromatic rings. The topological polar surface area (TPSA) is 111 Å². The molecule has 3 heterocycles. The molecule has 0 radical (unpaired) electrons. The molecule has 0 aliphatic carbocycles. The van der Waals surface area contributed by atoms with Crippen molar-refractivity contribution in [3.63, 3.8) is 0 Å². The van der Waals surface area contributed by atoms with Gasteiger partial charge in [0.1, 0.15) is 11.6 Å². The minimum atomic E-state index is -1.25. The first-order valence-corrected chi connectivity index (χ1v) is 12.7. The maximum absolute atomic E-state index is 14.3. The first-order chi connectivity index (χ1) is 17.1. The molecule has 2 N–H and O–H groups in total. The summed E-state index contributed by atoms with van der Waals surface area (Å²) in [7, 11) is 0. The molecule has 1 spiro atoms. The fourth-order valence-corrected chi connectivity index (χ4v) is 6.61. The van der Waals surface area contributed by atoms with Gasteiger partial charge in [0.2, 0.25) is 5.91 Å². The summed E-state index contributed by atoms with van der Waals surface area (Å²) in [4.78, 5) is 45.5. The van der Waals surface area contributed by atoms with Gasteiger partial charge < -0.3 is 29.6 Å². The third-order valence-electron chi connectivity index (χ3n) is 8.32. The summed E-state index contributed by atoms with van der Waals surface area (Å²) in [5, 5.41) is 20.0. The van der Waals surface area contributed by atoms with Crippen LogP contribution in [0.5, 0.6) is 0 Å². The quantitative estimate of drug-likeness (QED) is 0.475. The van der Waals surface area contributed by atoms with Gasteiger partial charge in [0, 0.05) is 31.0 Å². The lowest BCUT2D eigenvalue weighted by Gasteiger charge is -2.38. The molecule has 196 valence electrons. The van der Waals surface area contributed by atoms with Crippen molar-refractivity contribution in [3.05, 3.63) is 36.9 Å². The van der Waals surface area contributed by atoms with Crippen molar-refractivity contribution >= 4 is 29.2 Å². The SMILES string of the molecule is C=CCN(C(=O)C1N([C@H](C)CO)C(=O)[C@@H]2[C@@H](C(=O)O)[C@@]3(C)CCC12O3)c1ccc(N(CC)CC)cc1. The Labute approximate surface area is 212 Å². The maximum atomic E-state index is 14.3. The number of carboxylic acid groups (broad SMARTS) is 1. The molecule has 2 bridgehead atoms. The van der Waals surface area contributed by atoms with E-state index in [2.05, 4.69) is 25.3 Å². The number of aliphatic hydroxyl groups is 1. The molecule has 3 aliphatic rings. The summed E-state index contributed by atoms with van der Waals surface area (Å²) >= 11 is 0. The zero-order chi connectivity index (χ0) is 26.4. The number of hydrogen-bond acceptors (Lipinski definition) is 6. The average Bonchev–Trinajstić information content (AvgIpc) is 3.43. The highest BCUT2D eigenvalue weighted by Gasteiger charge is 2.78. The number of carbonyl (C=O) groups excluding carboxylic acids is 2. The van der Waals surface area contributed by atoms with E-state index < -0.39 is 47.0 Å². The standard InChI is InChI=1S/C27H37N3O6/c1-6-15-29(19-11-9-18(10-12-19)28(7-2)8-3)24(33)22-27-14-13-26(5,36-27)21(25(34)35)20(27)23(32)30(22)17(4)16-31/h6,9-12,17,20-22,31H,1,7-8,13-16H2,2-5H3,(H,34,35)/t17-,20+,21+,22?,26-,27?/m1/s1. The second kappa shape index (κ2) is 9.52. The summed E-state index contributed by atoms with van der Waals surface area (Å²) in [6.07, 6.45) is 2.47. The van der Waals surface area contributed by atoms with Gasteiger partial charge in [-0.05, 0) is 64.8 Å². The zero-order valence-corrected chi connectivity index (χ0v) is 21.5. The molecular formula is C27H37N3O6. The van der Waals surface area contributed by atoms with Gasteiger partial charge in [-0.15, -0.1) is 6.58 Å². The second-order valence-electron chi connectivity index (χ2n) is 10.3. The number of amides is 2. The van der Waals surface area contributed by atoms with E-state index in [0.717, 1.165) is 18.8 Å². The van der Waals surface area contributed by atoms with Crippen molar-refractivity contribution in [2.45, 2.75) is 63.8 Å². The van der Waals surface area contributed by atoms with Crippen molar-refractivity contribution in [3.8, 4) is 0 Å². The summed E-state index contributed by atoms with van der Waals surface area (Å²) in [5.74, 6) is -3.94. The first kappa shape index (κ1) is 26.2. The van der Waals surface area contributed by atoms with Crippen LogP contribution in [-0.4, -0.2) is 82.4 Å². The van der Waals surface area contributed by atoms with E-state index in [1.165, 1.54) is 4.90 Å². The molecule has 0 aromatic heterocycles. The van der Waals surface area contributed by atoms with E-state index in [-0.39, 0.29) is 19.1 Å². The van der Waals surface area contributed by atoms with E-state index in [9.17, 15) is 24.6 Å². The van der Waals surface area contributed by atoms with E-state index in [1.807, 2.05) is 24.3 Å². The van der Waals surface area contributed by atoms with Crippen molar-refractivity contribution in [2.24, 2.45) is 11.8 Å². The molecule has 9 nitrogen and oxygen atoms in total. The highest BCUT2D eigenvalue weighted by atomic mass is 16.5. The number of ether oxygens (including phenoxy) is 1. The van der Waals surface area contributed by atoms with Crippen LogP contribution in [0, 0.1) is 11.8 Å². The highest BCUT2D eigenvalue weighted by molar-refractivity contribution is 6.05. The van der Waals surface area contributed by atoms with Crippen LogP contribution in [0.1, 0.15) is 40.5 Å². The number of likely N-dealkylation sites (tertiary alicyclic amines) is 1. The molecule has 2 unspecified atom stereocenters. The Morgan fingerprint density at radius 1 is 1.22 bits per heavy atom. The van der Waals surface area contributed by atoms with Crippen molar-refractivity contribution in [1.82, 2.24) is 4.90 Å². The molecule has 3 saturated heterocycles. The predicted molar refractivity (Wildman–Crippen MR) is 136 cm³/mol. The molecule has 0 saturated carbocycles. The largest absolute Gasteiger partial charge is 0.481 e. The number of rotatable bonds is 10. The first-order valence-electron chi connectivity index (χ1n) is 12.7. The minimum Gasteiger partial charge on any atom is -0.481 e. The van der Waals surface area contributed by atoms with Crippen LogP contribution in [0.15, 0.2) is 36.9 Å². The Balaban J connectivity index is 1.77. The fraction of sp³-hybridized carbons (Fsp3) is 0.593. The van der Waals surface area contributed by atoms with E-state index >= 15 is 0 Å². The van der Waals surface area contributed by atoms with Gasteiger partial charge in [-0.1, -0.05) is 6.08 Å². The minimum absolute atomic E-state index is 0.204. The van der Waals surface area contributed by atoms with Crippen molar-refractivity contribution < 1.29 is 29.3 Å². The number of aliphatic hydroxyl groups excluding tert-OH is 1. The smallest absolute Gasteiger partial charge is 0.310 e. The molecule has 3 aliphatic heterocycles. The van der Waals surface area contributed by atoms with Crippen molar-refractivity contribution in [2.75, 3.05) is 36.0 Å². The number of hydrogen-bond donors (Lipinski definition) is 2. The Bertz CT molecular complexity index is 1040. The van der Waals surface area contributed by atoms with E-state index in [1.54, 1.807) is 24.8 Å². The fourth-order valence-electron chi connectivity index (χ4n) is 6.61. The molecule has 2 amide bonds. The summed E-state index contributed by atoms with van der Waals surface area (Å²) in [6.45, 7) is 12.9. The number of anilines is 2. The Hall–Kier alpha value is -2.91. The Morgan fingerprint density at radius 3 is 2.36 bits per heavy atom. The van der Waals surface area contributed by atoms with Crippen LogP contribution in [0.2, 0.25) is 0 Å².